The molecule has 2 heterocycles. The maximum atomic E-state index is 12.1. The molecule has 1 aromatic carbocycles. The number of carbonyl (C=O) groups is 1. The Bertz CT molecular complexity index is 1010. The third-order valence-electron chi connectivity index (χ3n) is 3.73. The van der Waals surface area contributed by atoms with E-state index in [1.54, 1.807) is 23.6 Å². The SMILES string of the molecule is O=C(O)C(Cc1ccc(O)cc1)n1cc(CNS(=O)(=O)c2cccs2)nn1. The average Bonchev–Trinajstić information content (AvgIpc) is 3.31. The number of hydrogen-bond acceptors (Lipinski definition) is 7. The van der Waals surface area contributed by atoms with Crippen molar-refractivity contribution in [1.29, 1.82) is 0 Å². The number of carboxylic acids is 1. The summed E-state index contributed by atoms with van der Waals surface area (Å²) < 4.78 is 28.0. The Morgan fingerprint density at radius 2 is 2.00 bits per heavy atom. The van der Waals surface area contributed by atoms with Gasteiger partial charge in [-0.3, -0.25) is 0 Å². The lowest BCUT2D eigenvalue weighted by atomic mass is 10.1. The average molecular weight is 408 g/mol. The smallest absolute Gasteiger partial charge is 0.328 e. The molecule has 9 nitrogen and oxygen atoms in total. The molecule has 0 fully saturated rings. The molecule has 0 aliphatic carbocycles. The van der Waals surface area contributed by atoms with Crippen LogP contribution in [0, 0.1) is 0 Å². The van der Waals surface area contributed by atoms with E-state index >= 15 is 0 Å². The molecule has 11 heteroatoms. The summed E-state index contributed by atoms with van der Waals surface area (Å²) in [7, 11) is -3.64. The second kappa shape index (κ2) is 7.86. The molecular formula is C16H16N4O5S2. The Morgan fingerprint density at radius 3 is 2.63 bits per heavy atom. The quantitative estimate of drug-likeness (QED) is 0.513. The fourth-order valence-corrected chi connectivity index (χ4v) is 4.39. The topological polar surface area (TPSA) is 134 Å². The standard InChI is InChI=1S/C16H16N4O5S2/c21-13-5-3-11(4-6-13)8-14(16(22)23)20-10-12(18-19-20)9-17-27(24,25)15-2-1-7-26-15/h1-7,10,14,17,21H,8-9H2,(H,22,23). The van der Waals surface area contributed by atoms with E-state index in [0.717, 1.165) is 11.3 Å². The van der Waals surface area contributed by atoms with Crippen LogP contribution in [0.4, 0.5) is 0 Å². The highest BCUT2D eigenvalue weighted by Gasteiger charge is 2.22. The number of rotatable bonds is 8. The van der Waals surface area contributed by atoms with E-state index in [4.69, 9.17) is 0 Å². The van der Waals surface area contributed by atoms with Crippen LogP contribution in [0.3, 0.4) is 0 Å². The van der Waals surface area contributed by atoms with Crippen molar-refractivity contribution in [2.24, 2.45) is 0 Å². The van der Waals surface area contributed by atoms with Gasteiger partial charge in [-0.1, -0.05) is 23.4 Å². The minimum Gasteiger partial charge on any atom is -0.508 e. The molecule has 0 saturated heterocycles. The number of aromatic nitrogens is 3. The predicted molar refractivity (Wildman–Crippen MR) is 96.9 cm³/mol. The molecule has 0 bridgehead atoms. The summed E-state index contributed by atoms with van der Waals surface area (Å²) in [4.78, 5) is 11.6. The highest BCUT2D eigenvalue weighted by atomic mass is 32.2. The Hall–Kier alpha value is -2.76. The van der Waals surface area contributed by atoms with Crippen molar-refractivity contribution in [3.05, 3.63) is 59.2 Å². The zero-order valence-corrected chi connectivity index (χ0v) is 15.5. The van der Waals surface area contributed by atoms with Crippen LogP contribution >= 0.6 is 11.3 Å². The van der Waals surface area contributed by atoms with Gasteiger partial charge in [0.2, 0.25) is 10.0 Å². The first-order chi connectivity index (χ1) is 12.8. The van der Waals surface area contributed by atoms with Crippen LogP contribution in [0.1, 0.15) is 17.3 Å². The first kappa shape index (κ1) is 19.0. The normalized spacial score (nSPS) is 12.7. The van der Waals surface area contributed by atoms with Crippen LogP contribution < -0.4 is 4.72 Å². The summed E-state index contributed by atoms with van der Waals surface area (Å²) in [6.07, 6.45) is 1.54. The third-order valence-corrected chi connectivity index (χ3v) is 6.53. The van der Waals surface area contributed by atoms with Gasteiger partial charge in [0.1, 0.15) is 9.96 Å². The number of aliphatic carboxylic acids is 1. The van der Waals surface area contributed by atoms with E-state index < -0.39 is 22.0 Å². The van der Waals surface area contributed by atoms with E-state index in [2.05, 4.69) is 15.0 Å². The third kappa shape index (κ3) is 4.70. The second-order valence-corrected chi connectivity index (χ2v) is 8.61. The van der Waals surface area contributed by atoms with Crippen molar-refractivity contribution in [1.82, 2.24) is 19.7 Å². The van der Waals surface area contributed by atoms with Gasteiger partial charge in [0.25, 0.3) is 0 Å². The monoisotopic (exact) mass is 408 g/mol. The van der Waals surface area contributed by atoms with Crippen LogP contribution in [0.2, 0.25) is 0 Å². The highest BCUT2D eigenvalue weighted by Crippen LogP contribution is 2.18. The van der Waals surface area contributed by atoms with E-state index in [1.165, 1.54) is 29.1 Å². The molecular weight excluding hydrogens is 392 g/mol. The minimum atomic E-state index is -3.64. The number of hydrogen-bond donors (Lipinski definition) is 3. The molecule has 2 aromatic heterocycles. The fraction of sp³-hybridized carbons (Fsp3) is 0.188. The van der Waals surface area contributed by atoms with Crippen LogP contribution in [-0.4, -0.2) is 39.6 Å². The number of nitrogens with one attached hydrogen (secondary N) is 1. The molecule has 3 N–H and O–H groups in total. The summed E-state index contributed by atoms with van der Waals surface area (Å²) >= 11 is 1.09. The Kier molecular flexibility index (Phi) is 5.54. The minimum absolute atomic E-state index is 0.0895. The van der Waals surface area contributed by atoms with Crippen LogP contribution in [0.15, 0.2) is 52.2 Å². The van der Waals surface area contributed by atoms with Crippen molar-refractivity contribution in [2.75, 3.05) is 0 Å². The van der Waals surface area contributed by atoms with Gasteiger partial charge in [0.15, 0.2) is 6.04 Å². The van der Waals surface area contributed by atoms with E-state index in [0.29, 0.717) is 11.3 Å². The van der Waals surface area contributed by atoms with E-state index in [9.17, 15) is 23.4 Å². The van der Waals surface area contributed by atoms with Crippen molar-refractivity contribution in [3.8, 4) is 5.75 Å². The molecule has 0 amide bonds. The largest absolute Gasteiger partial charge is 0.508 e. The fourth-order valence-electron chi connectivity index (χ4n) is 2.35. The second-order valence-electron chi connectivity index (χ2n) is 5.67. The zero-order valence-electron chi connectivity index (χ0n) is 13.9. The lowest BCUT2D eigenvalue weighted by Gasteiger charge is -2.12. The van der Waals surface area contributed by atoms with Gasteiger partial charge in [-0.15, -0.1) is 16.4 Å². The summed E-state index contributed by atoms with van der Waals surface area (Å²) in [6.45, 7) is -0.105. The summed E-state index contributed by atoms with van der Waals surface area (Å²) in [5, 5.41) is 28.1. The van der Waals surface area contributed by atoms with Gasteiger partial charge in [-0.05, 0) is 29.1 Å². The van der Waals surface area contributed by atoms with E-state index in [1.807, 2.05) is 0 Å². The van der Waals surface area contributed by atoms with Crippen molar-refractivity contribution < 1.29 is 23.4 Å². The molecule has 27 heavy (non-hydrogen) atoms. The zero-order chi connectivity index (χ0) is 19.4. The Morgan fingerprint density at radius 1 is 1.26 bits per heavy atom. The summed E-state index contributed by atoms with van der Waals surface area (Å²) in [5.74, 6) is -1.01. The van der Waals surface area contributed by atoms with Gasteiger partial charge in [0.05, 0.1) is 18.4 Å². The number of carboxylic acid groups (broad SMARTS) is 1. The van der Waals surface area contributed by atoms with Crippen molar-refractivity contribution in [3.63, 3.8) is 0 Å². The van der Waals surface area contributed by atoms with Crippen molar-refractivity contribution in [2.45, 2.75) is 23.2 Å². The molecule has 0 aliphatic rings. The Balaban J connectivity index is 1.70. The van der Waals surface area contributed by atoms with Crippen LogP contribution in [0.25, 0.3) is 0 Å². The van der Waals surface area contributed by atoms with Gasteiger partial charge in [0, 0.05) is 6.42 Å². The lowest BCUT2D eigenvalue weighted by Crippen LogP contribution is -2.23. The molecule has 142 valence electrons. The molecule has 0 saturated carbocycles. The lowest BCUT2D eigenvalue weighted by molar-refractivity contribution is -0.141. The number of nitrogens with zero attached hydrogens (tertiary/aromatic N) is 3. The predicted octanol–water partition coefficient (Wildman–Crippen LogP) is 1.39. The van der Waals surface area contributed by atoms with Gasteiger partial charge >= 0.3 is 5.97 Å². The van der Waals surface area contributed by atoms with E-state index in [-0.39, 0.29) is 22.9 Å². The number of sulfonamides is 1. The maximum Gasteiger partial charge on any atom is 0.328 e. The summed E-state index contributed by atoms with van der Waals surface area (Å²) in [5.41, 5.74) is 1.00. The van der Waals surface area contributed by atoms with Crippen molar-refractivity contribution >= 4 is 27.3 Å². The number of benzene rings is 1. The molecule has 3 aromatic rings. The summed E-state index contributed by atoms with van der Waals surface area (Å²) in [6, 6.07) is 8.31. The highest BCUT2D eigenvalue weighted by molar-refractivity contribution is 7.91. The molecule has 3 rings (SSSR count). The first-order valence-electron chi connectivity index (χ1n) is 7.80. The molecule has 1 unspecified atom stereocenters. The number of aromatic hydroxyl groups is 1. The molecule has 0 aliphatic heterocycles. The Labute approximate surface area is 159 Å². The molecule has 0 radical (unpaired) electrons. The van der Waals surface area contributed by atoms with Gasteiger partial charge in [-0.2, -0.15) is 0 Å². The number of thiophene rings is 1. The van der Waals surface area contributed by atoms with Crippen LogP contribution in [0.5, 0.6) is 5.75 Å². The van der Waals surface area contributed by atoms with Gasteiger partial charge in [-0.25, -0.2) is 22.6 Å². The van der Waals surface area contributed by atoms with Gasteiger partial charge < -0.3 is 10.2 Å². The first-order valence-corrected chi connectivity index (χ1v) is 10.2. The van der Waals surface area contributed by atoms with Crippen LogP contribution in [-0.2, 0) is 27.8 Å². The number of phenolic OH excluding ortho intramolecular Hbond substituents is 1. The number of phenols is 1. The molecule has 0 spiro atoms. The molecule has 1 atom stereocenters. The maximum absolute atomic E-state index is 12.1.